The molecule has 0 aromatic heterocycles. The van der Waals surface area contributed by atoms with E-state index >= 15 is 0 Å². The lowest BCUT2D eigenvalue weighted by Crippen LogP contribution is -2.30. The zero-order valence-electron chi connectivity index (χ0n) is 13.8. The summed E-state index contributed by atoms with van der Waals surface area (Å²) < 4.78 is 54.4. The summed E-state index contributed by atoms with van der Waals surface area (Å²) in [6.07, 6.45) is 0. The molecule has 25 heavy (non-hydrogen) atoms. The first-order valence-electron chi connectivity index (χ1n) is 7.59. The summed E-state index contributed by atoms with van der Waals surface area (Å²) in [5.74, 6) is 0. The van der Waals surface area contributed by atoms with E-state index in [4.69, 9.17) is 0 Å². The summed E-state index contributed by atoms with van der Waals surface area (Å²) in [5.41, 5.74) is 0.188. The number of benzene rings is 2. The molecule has 0 saturated carbocycles. The largest absolute Gasteiger partial charge is 0.280 e. The van der Waals surface area contributed by atoms with Crippen molar-refractivity contribution in [2.45, 2.75) is 23.6 Å². The molecule has 0 atom stereocenters. The van der Waals surface area contributed by atoms with E-state index in [1.54, 1.807) is 26.0 Å². The smallest absolute Gasteiger partial charge is 0.261 e. The molecule has 1 N–H and O–H groups in total. The third-order valence-electron chi connectivity index (χ3n) is 3.54. The zero-order valence-corrected chi connectivity index (χ0v) is 17.0. The average Bonchev–Trinajstić information content (AvgIpc) is 2.55. The fraction of sp³-hybridized carbons (Fsp3) is 0.250. The second-order valence-electron chi connectivity index (χ2n) is 5.18. The standard InChI is InChI=1S/C16H19BrN2O4S2/c1-3-19(4-2)25(22,23)16-10-6-8-14(12-16)18-24(20,21)15-9-5-7-13(17)11-15/h5-12,18H,3-4H2,1-2H3. The average molecular weight is 447 g/mol. The lowest BCUT2D eigenvalue weighted by molar-refractivity contribution is 0.445. The topological polar surface area (TPSA) is 83.6 Å². The number of hydrogen-bond donors (Lipinski definition) is 1. The van der Waals surface area contributed by atoms with Crippen molar-refractivity contribution in [2.75, 3.05) is 17.8 Å². The molecular weight excluding hydrogens is 428 g/mol. The molecular formula is C16H19BrN2O4S2. The first-order chi connectivity index (χ1) is 11.7. The van der Waals surface area contributed by atoms with E-state index in [1.807, 2.05) is 0 Å². The van der Waals surface area contributed by atoms with E-state index in [9.17, 15) is 16.8 Å². The summed E-state index contributed by atoms with van der Waals surface area (Å²) in [7, 11) is -7.48. The predicted molar refractivity (Wildman–Crippen MR) is 101 cm³/mol. The van der Waals surface area contributed by atoms with Crippen molar-refractivity contribution in [3.8, 4) is 0 Å². The molecule has 0 aliphatic rings. The third kappa shape index (κ3) is 4.60. The van der Waals surface area contributed by atoms with E-state index in [-0.39, 0.29) is 15.5 Å². The number of rotatable bonds is 7. The summed E-state index contributed by atoms with van der Waals surface area (Å²) in [4.78, 5) is 0.129. The first-order valence-corrected chi connectivity index (χ1v) is 11.3. The maximum Gasteiger partial charge on any atom is 0.261 e. The van der Waals surface area contributed by atoms with E-state index in [1.165, 1.54) is 40.7 Å². The van der Waals surface area contributed by atoms with Crippen LogP contribution in [0.4, 0.5) is 5.69 Å². The van der Waals surface area contributed by atoms with Gasteiger partial charge in [-0.1, -0.05) is 41.9 Å². The summed E-state index contributed by atoms with van der Waals surface area (Å²) in [6, 6.07) is 12.1. The van der Waals surface area contributed by atoms with Gasteiger partial charge in [0.15, 0.2) is 0 Å². The van der Waals surface area contributed by atoms with Crippen molar-refractivity contribution in [2.24, 2.45) is 0 Å². The Labute approximate surface area is 157 Å². The van der Waals surface area contributed by atoms with E-state index in [0.29, 0.717) is 17.6 Å². The monoisotopic (exact) mass is 446 g/mol. The molecule has 0 bridgehead atoms. The molecule has 0 unspecified atom stereocenters. The lowest BCUT2D eigenvalue weighted by Gasteiger charge is -2.19. The fourth-order valence-electron chi connectivity index (χ4n) is 2.28. The Bertz CT molecular complexity index is 956. The van der Waals surface area contributed by atoms with Crippen molar-refractivity contribution in [1.82, 2.24) is 4.31 Å². The minimum atomic E-state index is -3.82. The van der Waals surface area contributed by atoms with Crippen molar-refractivity contribution >= 4 is 41.7 Å². The van der Waals surface area contributed by atoms with Crippen LogP contribution in [0.5, 0.6) is 0 Å². The zero-order chi connectivity index (χ0) is 18.7. The van der Waals surface area contributed by atoms with Gasteiger partial charge in [-0.2, -0.15) is 4.31 Å². The molecule has 0 aliphatic carbocycles. The predicted octanol–water partition coefficient (Wildman–Crippen LogP) is 3.28. The Kier molecular flexibility index (Phi) is 6.26. The van der Waals surface area contributed by atoms with Crippen LogP contribution >= 0.6 is 15.9 Å². The van der Waals surface area contributed by atoms with Gasteiger partial charge in [-0.05, 0) is 36.4 Å². The highest BCUT2D eigenvalue weighted by atomic mass is 79.9. The number of hydrogen-bond acceptors (Lipinski definition) is 4. The van der Waals surface area contributed by atoms with Crippen LogP contribution in [-0.2, 0) is 20.0 Å². The van der Waals surface area contributed by atoms with Gasteiger partial charge in [-0.3, -0.25) is 4.72 Å². The molecule has 2 rings (SSSR count). The Morgan fingerprint density at radius 2 is 1.52 bits per heavy atom. The number of sulfonamides is 2. The molecule has 136 valence electrons. The van der Waals surface area contributed by atoms with Gasteiger partial charge >= 0.3 is 0 Å². The Hall–Kier alpha value is -1.42. The Morgan fingerprint density at radius 1 is 0.920 bits per heavy atom. The molecule has 0 spiro atoms. The molecule has 0 radical (unpaired) electrons. The van der Waals surface area contributed by atoms with Gasteiger partial charge in [0, 0.05) is 17.6 Å². The quantitative estimate of drug-likeness (QED) is 0.706. The SMILES string of the molecule is CCN(CC)S(=O)(=O)c1cccc(NS(=O)(=O)c2cccc(Br)c2)c1. The minimum Gasteiger partial charge on any atom is -0.280 e. The van der Waals surface area contributed by atoms with Gasteiger partial charge in [-0.25, -0.2) is 16.8 Å². The van der Waals surface area contributed by atoms with Gasteiger partial charge in [0.2, 0.25) is 10.0 Å². The van der Waals surface area contributed by atoms with Crippen LogP contribution in [0.25, 0.3) is 0 Å². The highest BCUT2D eigenvalue weighted by Gasteiger charge is 2.22. The second-order valence-corrected chi connectivity index (χ2v) is 9.72. The van der Waals surface area contributed by atoms with E-state index in [0.717, 1.165) is 0 Å². The molecule has 0 aliphatic heterocycles. The second kappa shape index (κ2) is 7.86. The number of halogens is 1. The normalized spacial score (nSPS) is 12.3. The van der Waals surface area contributed by atoms with Gasteiger partial charge in [0.1, 0.15) is 0 Å². The molecule has 0 heterocycles. The highest BCUT2D eigenvalue weighted by Crippen LogP contribution is 2.23. The summed E-state index contributed by atoms with van der Waals surface area (Å²) >= 11 is 3.23. The number of nitrogens with zero attached hydrogens (tertiary/aromatic N) is 1. The van der Waals surface area contributed by atoms with Gasteiger partial charge in [0.25, 0.3) is 10.0 Å². The minimum absolute atomic E-state index is 0.0469. The molecule has 0 amide bonds. The fourth-order valence-corrected chi connectivity index (χ4v) is 5.43. The van der Waals surface area contributed by atoms with E-state index in [2.05, 4.69) is 20.7 Å². The highest BCUT2D eigenvalue weighted by molar-refractivity contribution is 9.10. The Morgan fingerprint density at radius 3 is 2.12 bits per heavy atom. The maximum atomic E-state index is 12.6. The van der Waals surface area contributed by atoms with Crippen LogP contribution in [-0.4, -0.2) is 34.2 Å². The first kappa shape index (κ1) is 19.9. The van der Waals surface area contributed by atoms with Crippen LogP contribution in [0.15, 0.2) is 62.8 Å². The molecule has 2 aromatic rings. The number of anilines is 1. The van der Waals surface area contributed by atoms with Crippen molar-refractivity contribution in [3.05, 3.63) is 53.0 Å². The lowest BCUT2D eigenvalue weighted by atomic mass is 10.3. The van der Waals surface area contributed by atoms with Gasteiger partial charge in [-0.15, -0.1) is 0 Å². The Balaban J connectivity index is 2.37. The van der Waals surface area contributed by atoms with Crippen molar-refractivity contribution in [3.63, 3.8) is 0 Å². The van der Waals surface area contributed by atoms with Gasteiger partial charge < -0.3 is 0 Å². The number of nitrogens with one attached hydrogen (secondary N) is 1. The van der Waals surface area contributed by atoms with Crippen molar-refractivity contribution < 1.29 is 16.8 Å². The molecule has 9 heteroatoms. The van der Waals surface area contributed by atoms with Gasteiger partial charge in [0.05, 0.1) is 15.5 Å². The van der Waals surface area contributed by atoms with Crippen molar-refractivity contribution in [1.29, 1.82) is 0 Å². The van der Waals surface area contributed by atoms with Crippen LogP contribution in [0.2, 0.25) is 0 Å². The van der Waals surface area contributed by atoms with E-state index < -0.39 is 20.0 Å². The molecule has 0 saturated heterocycles. The molecule has 2 aromatic carbocycles. The summed E-state index contributed by atoms with van der Waals surface area (Å²) in [5, 5.41) is 0. The molecule has 6 nitrogen and oxygen atoms in total. The maximum absolute atomic E-state index is 12.6. The molecule has 0 fully saturated rings. The third-order valence-corrected chi connectivity index (χ3v) is 7.45. The summed E-state index contributed by atoms with van der Waals surface area (Å²) in [6.45, 7) is 4.18. The van der Waals surface area contributed by atoms with Crippen LogP contribution < -0.4 is 4.72 Å². The van der Waals surface area contributed by atoms with Crippen LogP contribution in [0.1, 0.15) is 13.8 Å². The van der Waals surface area contributed by atoms with Crippen LogP contribution in [0, 0.1) is 0 Å². The van der Waals surface area contributed by atoms with Crippen LogP contribution in [0.3, 0.4) is 0 Å².